The summed E-state index contributed by atoms with van der Waals surface area (Å²) in [5, 5.41) is 0.663. The molecule has 2 saturated heterocycles. The molecule has 2 aromatic rings. The van der Waals surface area contributed by atoms with Crippen molar-refractivity contribution >= 4 is 33.6 Å². The van der Waals surface area contributed by atoms with Gasteiger partial charge < -0.3 is 9.64 Å². The molecule has 0 N–H and O–H groups in total. The van der Waals surface area contributed by atoms with Crippen molar-refractivity contribution in [1.82, 2.24) is 9.21 Å². The molecule has 1 unspecified atom stereocenters. The molecule has 4 rings (SSSR count). The van der Waals surface area contributed by atoms with Crippen LogP contribution in [-0.4, -0.2) is 56.3 Å². The van der Waals surface area contributed by atoms with Gasteiger partial charge in [-0.15, -0.1) is 0 Å². The Hall–Kier alpha value is -2.19. The highest BCUT2D eigenvalue weighted by Gasteiger charge is 2.26. The van der Waals surface area contributed by atoms with Crippen LogP contribution >= 0.6 is 11.6 Å². The summed E-state index contributed by atoms with van der Waals surface area (Å²) in [5.41, 5.74) is 1.77. The predicted molar refractivity (Wildman–Crippen MR) is 129 cm³/mol. The predicted octanol–water partition coefficient (Wildman–Crippen LogP) is 4.52. The second-order valence-electron chi connectivity index (χ2n) is 8.42. The molecule has 2 fully saturated rings. The highest BCUT2D eigenvalue weighted by Crippen LogP contribution is 2.24. The quantitative estimate of drug-likeness (QED) is 0.580. The van der Waals surface area contributed by atoms with E-state index >= 15 is 0 Å². The van der Waals surface area contributed by atoms with Gasteiger partial charge in [0, 0.05) is 30.7 Å². The van der Waals surface area contributed by atoms with Gasteiger partial charge in [0.1, 0.15) is 6.10 Å². The molecule has 0 saturated carbocycles. The van der Waals surface area contributed by atoms with Crippen LogP contribution in [0.4, 0.5) is 0 Å². The molecule has 8 heteroatoms. The average molecular weight is 489 g/mol. The number of halogens is 1. The van der Waals surface area contributed by atoms with Gasteiger partial charge in [-0.05, 0) is 54.3 Å². The van der Waals surface area contributed by atoms with E-state index in [-0.39, 0.29) is 12.0 Å². The average Bonchev–Trinajstić information content (AvgIpc) is 3.14. The van der Waals surface area contributed by atoms with Crippen LogP contribution < -0.4 is 0 Å². The maximum atomic E-state index is 12.9. The van der Waals surface area contributed by atoms with Gasteiger partial charge in [-0.3, -0.25) is 4.79 Å². The van der Waals surface area contributed by atoms with E-state index in [1.54, 1.807) is 39.5 Å². The molecule has 6 nitrogen and oxygen atoms in total. The maximum absolute atomic E-state index is 12.9. The second kappa shape index (κ2) is 10.8. The molecular formula is C25H29ClN2O4S. The Morgan fingerprint density at radius 2 is 1.61 bits per heavy atom. The van der Waals surface area contributed by atoms with Gasteiger partial charge in [0.2, 0.25) is 15.9 Å². The fourth-order valence-electron chi connectivity index (χ4n) is 4.18. The molecule has 0 aliphatic carbocycles. The van der Waals surface area contributed by atoms with Crippen molar-refractivity contribution in [3.8, 4) is 0 Å². The topological polar surface area (TPSA) is 66.9 Å². The van der Waals surface area contributed by atoms with E-state index in [1.165, 1.54) is 6.08 Å². The van der Waals surface area contributed by atoms with Gasteiger partial charge in [-0.25, -0.2) is 8.42 Å². The fourth-order valence-corrected chi connectivity index (χ4v) is 5.83. The van der Waals surface area contributed by atoms with Gasteiger partial charge in [-0.1, -0.05) is 48.7 Å². The number of sulfonamides is 1. The van der Waals surface area contributed by atoms with Crippen molar-refractivity contribution in [2.45, 2.75) is 36.7 Å². The van der Waals surface area contributed by atoms with Gasteiger partial charge in [-0.2, -0.15) is 4.31 Å². The first-order valence-corrected chi connectivity index (χ1v) is 13.2. The number of rotatable bonds is 5. The van der Waals surface area contributed by atoms with E-state index in [4.69, 9.17) is 16.3 Å². The van der Waals surface area contributed by atoms with E-state index in [0.29, 0.717) is 42.7 Å². The summed E-state index contributed by atoms with van der Waals surface area (Å²) in [4.78, 5) is 14.8. The number of ether oxygens (including phenoxy) is 1. The van der Waals surface area contributed by atoms with Crippen molar-refractivity contribution in [2.24, 2.45) is 0 Å². The lowest BCUT2D eigenvalue weighted by Gasteiger charge is -2.32. The van der Waals surface area contributed by atoms with E-state index in [2.05, 4.69) is 0 Å². The zero-order valence-corrected chi connectivity index (χ0v) is 20.1. The van der Waals surface area contributed by atoms with Crippen molar-refractivity contribution < 1.29 is 17.9 Å². The Kier molecular flexibility index (Phi) is 7.86. The third-order valence-corrected chi connectivity index (χ3v) is 8.29. The number of carbonyl (C=O) groups is 1. The molecule has 2 aromatic carbocycles. The lowest BCUT2D eigenvalue weighted by atomic mass is 10.1. The van der Waals surface area contributed by atoms with E-state index in [1.807, 2.05) is 24.3 Å². The minimum atomic E-state index is -3.47. The SMILES string of the molecule is O=C(/C=C/c1ccc(S(=O)(=O)N2CCCCCC2)cc1)N1CCOC(c2ccc(Cl)cc2)C1. The first kappa shape index (κ1) is 24.0. The molecule has 33 heavy (non-hydrogen) atoms. The van der Waals surface area contributed by atoms with Crippen LogP contribution in [0.15, 0.2) is 59.5 Å². The molecule has 0 radical (unpaired) electrons. The third-order valence-electron chi connectivity index (χ3n) is 6.12. The van der Waals surface area contributed by atoms with Gasteiger partial charge >= 0.3 is 0 Å². The Morgan fingerprint density at radius 3 is 2.27 bits per heavy atom. The van der Waals surface area contributed by atoms with Crippen molar-refractivity contribution in [2.75, 3.05) is 32.8 Å². The normalized spacial score (nSPS) is 20.6. The first-order chi connectivity index (χ1) is 15.9. The largest absolute Gasteiger partial charge is 0.370 e. The van der Waals surface area contributed by atoms with Crippen LogP contribution in [0.3, 0.4) is 0 Å². The van der Waals surface area contributed by atoms with Gasteiger partial charge in [0.15, 0.2) is 0 Å². The van der Waals surface area contributed by atoms with Gasteiger partial charge in [0.25, 0.3) is 0 Å². The number of amides is 1. The summed E-state index contributed by atoms with van der Waals surface area (Å²) < 4.78 is 33.3. The van der Waals surface area contributed by atoms with Crippen LogP contribution in [0.2, 0.25) is 5.02 Å². The lowest BCUT2D eigenvalue weighted by molar-refractivity contribution is -0.133. The zero-order chi connectivity index (χ0) is 23.3. The number of carbonyl (C=O) groups excluding carboxylic acids is 1. The monoisotopic (exact) mass is 488 g/mol. The van der Waals surface area contributed by atoms with Crippen LogP contribution in [0, 0.1) is 0 Å². The van der Waals surface area contributed by atoms with Crippen LogP contribution in [-0.2, 0) is 19.6 Å². The number of morpholine rings is 1. The molecule has 2 aliphatic heterocycles. The molecule has 0 bridgehead atoms. The Bertz CT molecular complexity index is 1080. The molecule has 2 heterocycles. The minimum Gasteiger partial charge on any atom is -0.370 e. The summed E-state index contributed by atoms with van der Waals surface area (Å²) in [6.45, 7) is 2.62. The molecular weight excluding hydrogens is 460 g/mol. The number of hydrogen-bond acceptors (Lipinski definition) is 4. The fraction of sp³-hybridized carbons (Fsp3) is 0.400. The molecule has 0 spiro atoms. The number of nitrogens with zero attached hydrogens (tertiary/aromatic N) is 2. The summed E-state index contributed by atoms with van der Waals surface area (Å²) in [5.74, 6) is -0.0986. The summed E-state index contributed by atoms with van der Waals surface area (Å²) in [6.07, 6.45) is 7.03. The summed E-state index contributed by atoms with van der Waals surface area (Å²) in [7, 11) is -3.47. The van der Waals surface area contributed by atoms with E-state index in [0.717, 1.165) is 36.8 Å². The summed E-state index contributed by atoms with van der Waals surface area (Å²) >= 11 is 5.96. The van der Waals surface area contributed by atoms with E-state index < -0.39 is 10.0 Å². The third kappa shape index (κ3) is 6.03. The highest BCUT2D eigenvalue weighted by molar-refractivity contribution is 7.89. The van der Waals surface area contributed by atoms with Crippen LogP contribution in [0.5, 0.6) is 0 Å². The lowest BCUT2D eigenvalue weighted by Crippen LogP contribution is -2.41. The van der Waals surface area contributed by atoms with E-state index in [9.17, 15) is 13.2 Å². The molecule has 176 valence electrons. The van der Waals surface area contributed by atoms with Crippen molar-refractivity contribution in [1.29, 1.82) is 0 Å². The van der Waals surface area contributed by atoms with Crippen LogP contribution in [0.25, 0.3) is 6.08 Å². The first-order valence-electron chi connectivity index (χ1n) is 11.4. The van der Waals surface area contributed by atoms with Gasteiger partial charge in [0.05, 0.1) is 18.0 Å². The van der Waals surface area contributed by atoms with Crippen LogP contribution in [0.1, 0.15) is 42.9 Å². The molecule has 1 atom stereocenters. The Balaban J connectivity index is 1.38. The van der Waals surface area contributed by atoms with Crippen molar-refractivity contribution in [3.63, 3.8) is 0 Å². The number of benzene rings is 2. The molecule has 1 amide bonds. The minimum absolute atomic E-state index is 0.0986. The maximum Gasteiger partial charge on any atom is 0.246 e. The van der Waals surface area contributed by atoms with Crippen molar-refractivity contribution in [3.05, 3.63) is 70.8 Å². The smallest absolute Gasteiger partial charge is 0.246 e. The highest BCUT2D eigenvalue weighted by atomic mass is 35.5. The number of hydrogen-bond donors (Lipinski definition) is 0. The molecule has 2 aliphatic rings. The Labute approximate surface area is 200 Å². The molecule has 0 aromatic heterocycles. The summed E-state index contributed by atoms with van der Waals surface area (Å²) in [6, 6.07) is 14.2. The Morgan fingerprint density at radius 1 is 0.939 bits per heavy atom. The standard InChI is InChI=1S/C25H29ClN2O4S/c26-22-10-8-21(9-11-22)24-19-27(17-18-32-24)25(29)14-7-20-5-12-23(13-6-20)33(30,31)28-15-3-1-2-4-16-28/h5-14,24H,1-4,15-19H2/b14-7+. The zero-order valence-electron chi connectivity index (χ0n) is 18.5. The second-order valence-corrected chi connectivity index (χ2v) is 10.8.